The van der Waals surface area contributed by atoms with Gasteiger partial charge in [-0.25, -0.2) is 4.79 Å². The van der Waals surface area contributed by atoms with Gasteiger partial charge in [-0.1, -0.05) is 29.8 Å². The normalized spacial score (nSPS) is 13.9. The number of benzene rings is 2. The van der Waals surface area contributed by atoms with Crippen LogP contribution < -0.4 is 10.1 Å². The van der Waals surface area contributed by atoms with E-state index in [1.807, 2.05) is 6.92 Å². The van der Waals surface area contributed by atoms with Crippen LogP contribution in [0.2, 0.25) is 0 Å². The molecule has 0 radical (unpaired) electrons. The van der Waals surface area contributed by atoms with E-state index in [-0.39, 0.29) is 4.90 Å². The van der Waals surface area contributed by atoms with Crippen molar-refractivity contribution < 1.29 is 26.9 Å². The van der Waals surface area contributed by atoms with Crippen molar-refractivity contribution in [1.82, 2.24) is 5.32 Å². The summed E-state index contributed by atoms with van der Waals surface area (Å²) in [6.45, 7) is 8.69. The average molecular weight is 436 g/mol. The third-order valence-electron chi connectivity index (χ3n) is 4.20. The topological polar surface area (TPSA) is 90.9 Å². The summed E-state index contributed by atoms with van der Waals surface area (Å²) in [4.78, 5) is 12.4. The van der Waals surface area contributed by atoms with Crippen molar-refractivity contribution in [2.75, 3.05) is 7.11 Å². The molecule has 164 valence electrons. The molecule has 1 N–H and O–H groups in total. The van der Waals surface area contributed by atoms with Crippen molar-refractivity contribution in [1.29, 1.82) is 0 Å². The Kier molecular flexibility index (Phi) is 7.49. The minimum Gasteiger partial charge on any atom is -0.497 e. The zero-order chi connectivity index (χ0) is 22.5. The number of amides is 1. The molecule has 0 spiro atoms. The highest BCUT2D eigenvalue weighted by molar-refractivity contribution is 7.86. The van der Waals surface area contributed by atoms with E-state index in [9.17, 15) is 13.2 Å². The predicted molar refractivity (Wildman–Crippen MR) is 114 cm³/mol. The number of hydrogen-bond donors (Lipinski definition) is 1. The smallest absolute Gasteiger partial charge is 0.408 e. The maximum atomic E-state index is 12.7. The molecular weight excluding hydrogens is 406 g/mol. The van der Waals surface area contributed by atoms with Crippen molar-refractivity contribution in [3.05, 3.63) is 59.7 Å². The number of methoxy groups -OCH3 is 1. The fraction of sp³-hybridized carbons (Fsp3) is 0.409. The van der Waals surface area contributed by atoms with Gasteiger partial charge in [0.1, 0.15) is 11.4 Å². The van der Waals surface area contributed by atoms with Crippen molar-refractivity contribution in [3.8, 4) is 5.75 Å². The zero-order valence-electron chi connectivity index (χ0n) is 18.1. The Hall–Kier alpha value is -2.58. The van der Waals surface area contributed by atoms with Gasteiger partial charge in [0.15, 0.2) is 0 Å². The van der Waals surface area contributed by atoms with E-state index in [1.54, 1.807) is 71.2 Å². The Morgan fingerprint density at radius 2 is 1.57 bits per heavy atom. The first kappa shape index (κ1) is 23.7. The molecule has 0 aromatic heterocycles. The molecule has 0 aliphatic heterocycles. The highest BCUT2D eigenvalue weighted by Gasteiger charge is 2.29. The van der Waals surface area contributed by atoms with E-state index in [1.165, 1.54) is 12.1 Å². The first-order valence-corrected chi connectivity index (χ1v) is 11.0. The maximum Gasteiger partial charge on any atom is 0.408 e. The number of rotatable bonds is 7. The molecule has 1 amide bonds. The number of aryl methyl sites for hydroxylation is 1. The number of hydrogen-bond acceptors (Lipinski definition) is 6. The molecule has 2 atom stereocenters. The average Bonchev–Trinajstić information content (AvgIpc) is 2.65. The third kappa shape index (κ3) is 6.74. The van der Waals surface area contributed by atoms with Gasteiger partial charge in [-0.15, -0.1) is 0 Å². The van der Waals surface area contributed by atoms with E-state index in [0.29, 0.717) is 11.3 Å². The summed E-state index contributed by atoms with van der Waals surface area (Å²) < 4.78 is 41.4. The number of carbonyl (C=O) groups is 1. The van der Waals surface area contributed by atoms with Gasteiger partial charge in [0, 0.05) is 0 Å². The molecule has 0 saturated heterocycles. The Labute approximate surface area is 178 Å². The summed E-state index contributed by atoms with van der Waals surface area (Å²) in [7, 11) is -2.48. The van der Waals surface area contributed by atoms with Crippen LogP contribution >= 0.6 is 0 Å². The summed E-state index contributed by atoms with van der Waals surface area (Å²) in [6, 6.07) is 12.5. The van der Waals surface area contributed by atoms with Crippen LogP contribution in [0.25, 0.3) is 0 Å². The fourth-order valence-electron chi connectivity index (χ4n) is 2.73. The number of nitrogens with one attached hydrogen (secondary N) is 1. The van der Waals surface area contributed by atoms with Crippen LogP contribution in [-0.4, -0.2) is 33.3 Å². The summed E-state index contributed by atoms with van der Waals surface area (Å²) >= 11 is 0. The first-order chi connectivity index (χ1) is 13.9. The molecule has 0 fully saturated rings. The molecule has 0 heterocycles. The van der Waals surface area contributed by atoms with Gasteiger partial charge in [-0.05, 0) is 64.4 Å². The van der Waals surface area contributed by atoms with Gasteiger partial charge in [0.2, 0.25) is 0 Å². The Morgan fingerprint density at radius 3 is 2.07 bits per heavy atom. The van der Waals surface area contributed by atoms with E-state index >= 15 is 0 Å². The van der Waals surface area contributed by atoms with Crippen LogP contribution in [0.15, 0.2) is 53.4 Å². The molecule has 0 bridgehead atoms. The van der Waals surface area contributed by atoms with Gasteiger partial charge in [-0.3, -0.25) is 4.18 Å². The van der Waals surface area contributed by atoms with Gasteiger partial charge < -0.3 is 14.8 Å². The molecule has 8 heteroatoms. The number of alkyl carbamates (subject to hydrolysis) is 1. The maximum absolute atomic E-state index is 12.7. The van der Waals surface area contributed by atoms with Crippen LogP contribution in [-0.2, 0) is 19.0 Å². The Bertz CT molecular complexity index is 947. The molecule has 30 heavy (non-hydrogen) atoms. The molecule has 2 rings (SSSR count). The molecular formula is C22H29NO6S. The standard InChI is InChI=1S/C22H29NO6S/c1-15-7-13-19(14-8-15)30(25,26)29-16(2)20(23-21(24)28-22(3,4)5)17-9-11-18(27-6)12-10-17/h7-14,16,20H,1-6H3,(H,23,24)/t16-,20-/m0/s1. The summed E-state index contributed by atoms with van der Waals surface area (Å²) in [6.07, 6.45) is -1.58. The van der Waals surface area contributed by atoms with Crippen molar-refractivity contribution in [3.63, 3.8) is 0 Å². The van der Waals surface area contributed by atoms with E-state index < -0.39 is 34.0 Å². The SMILES string of the molecule is COc1ccc([C@@H](NC(=O)OC(C)(C)C)[C@H](C)OS(=O)(=O)c2ccc(C)cc2)cc1. The second-order valence-corrected chi connectivity index (χ2v) is 9.54. The molecule has 2 aromatic rings. The van der Waals surface area contributed by atoms with Crippen LogP contribution in [0.4, 0.5) is 4.79 Å². The minimum absolute atomic E-state index is 0.0469. The minimum atomic E-state index is -4.03. The van der Waals surface area contributed by atoms with Crippen molar-refractivity contribution >= 4 is 16.2 Å². The van der Waals surface area contributed by atoms with Gasteiger partial charge in [0.05, 0.1) is 24.2 Å². The molecule has 0 unspecified atom stereocenters. The number of ether oxygens (including phenoxy) is 2. The summed E-state index contributed by atoms with van der Waals surface area (Å²) in [5.41, 5.74) is 0.880. The van der Waals surface area contributed by atoms with Crippen LogP contribution in [0.5, 0.6) is 5.75 Å². The van der Waals surface area contributed by atoms with Gasteiger partial charge in [-0.2, -0.15) is 8.42 Å². The fourth-order valence-corrected chi connectivity index (χ4v) is 3.82. The second kappa shape index (κ2) is 9.49. The highest BCUT2D eigenvalue weighted by atomic mass is 32.2. The lowest BCUT2D eigenvalue weighted by molar-refractivity contribution is 0.0455. The molecule has 2 aromatic carbocycles. The zero-order valence-corrected chi connectivity index (χ0v) is 18.9. The van der Waals surface area contributed by atoms with Crippen LogP contribution in [0.1, 0.15) is 44.9 Å². The quantitative estimate of drug-likeness (QED) is 0.650. The monoisotopic (exact) mass is 435 g/mol. The molecule has 0 aliphatic carbocycles. The molecule has 0 saturated carbocycles. The lowest BCUT2D eigenvalue weighted by Crippen LogP contribution is -2.40. The third-order valence-corrected chi connectivity index (χ3v) is 5.61. The summed E-state index contributed by atoms with van der Waals surface area (Å²) in [5.74, 6) is 0.635. The lowest BCUT2D eigenvalue weighted by atomic mass is 10.0. The Balaban J connectivity index is 2.29. The first-order valence-electron chi connectivity index (χ1n) is 9.55. The lowest BCUT2D eigenvalue weighted by Gasteiger charge is -2.27. The van der Waals surface area contributed by atoms with Crippen molar-refractivity contribution in [2.24, 2.45) is 0 Å². The van der Waals surface area contributed by atoms with E-state index in [0.717, 1.165) is 5.56 Å². The summed E-state index contributed by atoms with van der Waals surface area (Å²) in [5, 5.41) is 2.72. The molecule has 7 nitrogen and oxygen atoms in total. The van der Waals surface area contributed by atoms with E-state index in [4.69, 9.17) is 13.7 Å². The number of carbonyl (C=O) groups excluding carboxylic acids is 1. The largest absolute Gasteiger partial charge is 0.497 e. The van der Waals surface area contributed by atoms with Crippen LogP contribution in [0, 0.1) is 6.92 Å². The predicted octanol–water partition coefficient (Wildman–Crippen LogP) is 4.36. The molecule has 0 aliphatic rings. The van der Waals surface area contributed by atoms with Gasteiger partial charge in [0.25, 0.3) is 10.1 Å². The van der Waals surface area contributed by atoms with Crippen molar-refractivity contribution in [2.45, 2.75) is 57.3 Å². The van der Waals surface area contributed by atoms with E-state index in [2.05, 4.69) is 5.32 Å². The van der Waals surface area contributed by atoms with Gasteiger partial charge >= 0.3 is 6.09 Å². The second-order valence-electron chi connectivity index (χ2n) is 7.97. The Morgan fingerprint density at radius 1 is 1.00 bits per heavy atom. The highest BCUT2D eigenvalue weighted by Crippen LogP contribution is 2.26. The van der Waals surface area contributed by atoms with Crippen LogP contribution in [0.3, 0.4) is 0 Å².